The topological polar surface area (TPSA) is 55.4 Å². The van der Waals surface area contributed by atoms with Gasteiger partial charge in [0.15, 0.2) is 6.10 Å². The van der Waals surface area contributed by atoms with Gasteiger partial charge < -0.3 is 10.1 Å². The second-order valence-corrected chi connectivity index (χ2v) is 5.86. The number of alkyl halides is 3. The molecule has 0 aliphatic heterocycles. The monoisotopic (exact) mass is 377 g/mol. The Bertz CT molecular complexity index is 860. The van der Waals surface area contributed by atoms with Gasteiger partial charge in [0.25, 0.3) is 5.91 Å². The maximum atomic E-state index is 13.0. The number of rotatable bonds is 5. The maximum absolute atomic E-state index is 13.0. The van der Waals surface area contributed by atoms with E-state index in [1.165, 1.54) is 25.1 Å². The Kier molecular flexibility index (Phi) is 6.39. The third kappa shape index (κ3) is 5.99. The number of carbonyl (C=O) groups excluding carboxylic acids is 2. The summed E-state index contributed by atoms with van der Waals surface area (Å²) in [5, 5.41) is 2.14. The first-order valence-corrected chi connectivity index (χ1v) is 8.09. The van der Waals surface area contributed by atoms with Crippen molar-refractivity contribution in [3.8, 4) is 0 Å². The van der Waals surface area contributed by atoms with E-state index >= 15 is 0 Å². The zero-order valence-electron chi connectivity index (χ0n) is 14.7. The summed E-state index contributed by atoms with van der Waals surface area (Å²) in [5.41, 5.74) is 0.425. The van der Waals surface area contributed by atoms with Gasteiger partial charge in [-0.15, -0.1) is 0 Å². The minimum absolute atomic E-state index is 0.395. The van der Waals surface area contributed by atoms with Crippen molar-refractivity contribution in [3.63, 3.8) is 0 Å². The first-order chi connectivity index (χ1) is 12.7. The van der Waals surface area contributed by atoms with Gasteiger partial charge >= 0.3 is 12.1 Å². The Morgan fingerprint density at radius 2 is 1.81 bits per heavy atom. The van der Waals surface area contributed by atoms with Gasteiger partial charge in [-0.3, -0.25) is 4.79 Å². The van der Waals surface area contributed by atoms with Crippen LogP contribution in [0.2, 0.25) is 0 Å². The molecular weight excluding hydrogens is 359 g/mol. The molecule has 0 aromatic heterocycles. The van der Waals surface area contributed by atoms with Gasteiger partial charge in [-0.1, -0.05) is 42.0 Å². The fourth-order valence-electron chi connectivity index (χ4n) is 2.28. The standard InChI is InChI=1S/C20H18F3NO3/c1-13-6-5-7-15(12-13)10-11-18(25)27-14(2)19(26)24-17-9-4-3-8-16(17)20(21,22)23/h3-12,14H,1-2H3,(H,24,26)/b11-10+/t14-/m1/s1. The molecule has 0 heterocycles. The number of carbonyl (C=O) groups is 2. The molecule has 0 aliphatic carbocycles. The van der Waals surface area contributed by atoms with Crippen molar-refractivity contribution in [2.24, 2.45) is 0 Å². The lowest BCUT2D eigenvalue weighted by atomic mass is 10.1. The Balaban J connectivity index is 1.99. The number of anilines is 1. The highest BCUT2D eigenvalue weighted by Crippen LogP contribution is 2.34. The normalized spacial score (nSPS) is 12.6. The van der Waals surface area contributed by atoms with Crippen molar-refractivity contribution < 1.29 is 27.5 Å². The van der Waals surface area contributed by atoms with Gasteiger partial charge in [-0.25, -0.2) is 4.79 Å². The van der Waals surface area contributed by atoms with Crippen LogP contribution in [-0.4, -0.2) is 18.0 Å². The van der Waals surface area contributed by atoms with Gasteiger partial charge in [0.1, 0.15) is 0 Å². The average Bonchev–Trinajstić information content (AvgIpc) is 2.59. The van der Waals surface area contributed by atoms with Crippen LogP contribution in [0.25, 0.3) is 6.08 Å². The van der Waals surface area contributed by atoms with Crippen molar-refractivity contribution in [2.45, 2.75) is 26.1 Å². The highest BCUT2D eigenvalue weighted by Gasteiger charge is 2.34. The summed E-state index contributed by atoms with van der Waals surface area (Å²) in [6.45, 7) is 3.19. The van der Waals surface area contributed by atoms with E-state index in [9.17, 15) is 22.8 Å². The number of nitrogens with one attached hydrogen (secondary N) is 1. The molecule has 0 unspecified atom stereocenters. The summed E-state index contributed by atoms with van der Waals surface area (Å²) in [6.07, 6.45) is -3.19. The highest BCUT2D eigenvalue weighted by atomic mass is 19.4. The minimum atomic E-state index is -4.61. The molecule has 2 aromatic carbocycles. The number of aryl methyl sites for hydroxylation is 1. The molecule has 0 spiro atoms. The van der Waals surface area contributed by atoms with E-state index < -0.39 is 35.4 Å². The molecule has 0 saturated carbocycles. The predicted molar refractivity (Wildman–Crippen MR) is 95.8 cm³/mol. The molecule has 0 fully saturated rings. The molecule has 1 amide bonds. The van der Waals surface area contributed by atoms with Crippen molar-refractivity contribution >= 4 is 23.6 Å². The lowest BCUT2D eigenvalue weighted by Gasteiger charge is -2.16. The fourth-order valence-corrected chi connectivity index (χ4v) is 2.28. The van der Waals surface area contributed by atoms with Crippen LogP contribution >= 0.6 is 0 Å². The van der Waals surface area contributed by atoms with Crippen molar-refractivity contribution in [3.05, 3.63) is 71.3 Å². The van der Waals surface area contributed by atoms with Gasteiger partial charge in [0, 0.05) is 6.08 Å². The van der Waals surface area contributed by atoms with E-state index in [1.807, 2.05) is 25.1 Å². The molecule has 1 N–H and O–H groups in total. The summed E-state index contributed by atoms with van der Waals surface area (Å²) in [5.74, 6) is -1.63. The van der Waals surface area contributed by atoms with Crippen LogP contribution in [0.4, 0.5) is 18.9 Å². The minimum Gasteiger partial charge on any atom is -0.449 e. The molecule has 27 heavy (non-hydrogen) atoms. The molecule has 7 heteroatoms. The maximum Gasteiger partial charge on any atom is 0.418 e. The third-order valence-corrected chi connectivity index (χ3v) is 3.61. The molecule has 0 bridgehead atoms. The zero-order chi connectivity index (χ0) is 20.0. The summed E-state index contributed by atoms with van der Waals surface area (Å²) in [4.78, 5) is 23.9. The number of benzene rings is 2. The van der Waals surface area contributed by atoms with Crippen LogP contribution in [0.3, 0.4) is 0 Å². The number of para-hydroxylation sites is 1. The Morgan fingerprint density at radius 3 is 2.48 bits per heavy atom. The second-order valence-electron chi connectivity index (χ2n) is 5.86. The van der Waals surface area contributed by atoms with Gasteiger partial charge in [-0.05, 0) is 37.6 Å². The summed E-state index contributed by atoms with van der Waals surface area (Å²) >= 11 is 0. The molecule has 2 aromatic rings. The highest BCUT2D eigenvalue weighted by molar-refractivity contribution is 5.97. The number of ether oxygens (including phenoxy) is 1. The number of halogens is 3. The van der Waals surface area contributed by atoms with Crippen molar-refractivity contribution in [2.75, 3.05) is 5.32 Å². The number of esters is 1. The third-order valence-electron chi connectivity index (χ3n) is 3.61. The molecule has 142 valence electrons. The summed E-state index contributed by atoms with van der Waals surface area (Å²) in [7, 11) is 0. The molecule has 1 atom stereocenters. The average molecular weight is 377 g/mol. The van der Waals surface area contributed by atoms with E-state index in [0.29, 0.717) is 0 Å². The van der Waals surface area contributed by atoms with E-state index in [4.69, 9.17) is 4.74 Å². The Hall–Kier alpha value is -3.09. The SMILES string of the molecule is Cc1cccc(/C=C/C(=O)O[C@H](C)C(=O)Nc2ccccc2C(F)(F)F)c1. The first-order valence-electron chi connectivity index (χ1n) is 8.09. The van der Waals surface area contributed by atoms with Crippen molar-refractivity contribution in [1.29, 1.82) is 0 Å². The van der Waals surface area contributed by atoms with Crippen LogP contribution in [-0.2, 0) is 20.5 Å². The predicted octanol–water partition coefficient (Wildman–Crippen LogP) is 4.60. The van der Waals surface area contributed by atoms with Crippen LogP contribution < -0.4 is 5.32 Å². The first kappa shape index (κ1) is 20.2. The van der Waals surface area contributed by atoms with E-state index in [2.05, 4.69) is 5.32 Å². The van der Waals surface area contributed by atoms with Gasteiger partial charge in [-0.2, -0.15) is 13.2 Å². The van der Waals surface area contributed by atoms with Gasteiger partial charge in [0.2, 0.25) is 0 Å². The molecular formula is C20H18F3NO3. The van der Waals surface area contributed by atoms with Crippen LogP contribution in [0, 0.1) is 6.92 Å². The largest absolute Gasteiger partial charge is 0.449 e. The number of amides is 1. The smallest absolute Gasteiger partial charge is 0.418 e. The zero-order valence-corrected chi connectivity index (χ0v) is 14.7. The van der Waals surface area contributed by atoms with Crippen LogP contribution in [0.1, 0.15) is 23.6 Å². The lowest BCUT2D eigenvalue weighted by molar-refractivity contribution is -0.148. The molecule has 0 saturated heterocycles. The lowest BCUT2D eigenvalue weighted by Crippen LogP contribution is -2.30. The molecule has 0 radical (unpaired) electrons. The summed E-state index contributed by atoms with van der Waals surface area (Å²) < 4.78 is 43.8. The second kappa shape index (κ2) is 8.53. The molecule has 2 rings (SSSR count). The van der Waals surface area contributed by atoms with Crippen LogP contribution in [0.15, 0.2) is 54.6 Å². The molecule has 0 aliphatic rings. The van der Waals surface area contributed by atoms with E-state index in [-0.39, 0.29) is 0 Å². The van der Waals surface area contributed by atoms with Crippen molar-refractivity contribution in [1.82, 2.24) is 0 Å². The van der Waals surface area contributed by atoms with Gasteiger partial charge in [0.05, 0.1) is 11.3 Å². The Labute approximate surface area is 154 Å². The van der Waals surface area contributed by atoms with E-state index in [0.717, 1.165) is 29.3 Å². The van der Waals surface area contributed by atoms with E-state index in [1.54, 1.807) is 6.07 Å². The number of hydrogen-bond donors (Lipinski definition) is 1. The summed E-state index contributed by atoms with van der Waals surface area (Å²) in [6, 6.07) is 12.0. The quantitative estimate of drug-likeness (QED) is 0.612. The Morgan fingerprint density at radius 1 is 1.11 bits per heavy atom. The fraction of sp³-hybridized carbons (Fsp3) is 0.200. The van der Waals surface area contributed by atoms with Crippen LogP contribution in [0.5, 0.6) is 0 Å². The molecule has 4 nitrogen and oxygen atoms in total. The number of hydrogen-bond acceptors (Lipinski definition) is 3.